The molecule has 0 atom stereocenters. The van der Waals surface area contributed by atoms with Crippen molar-refractivity contribution in [1.82, 2.24) is 0 Å². The van der Waals surface area contributed by atoms with Crippen LogP contribution in [0.2, 0.25) is 0 Å². The van der Waals surface area contributed by atoms with E-state index >= 15 is 0 Å². The Morgan fingerprint density at radius 3 is 2.29 bits per heavy atom. The van der Waals surface area contributed by atoms with Crippen LogP contribution in [-0.4, -0.2) is 0 Å². The van der Waals surface area contributed by atoms with Crippen LogP contribution in [0.5, 0.6) is 0 Å². The first-order valence-electron chi connectivity index (χ1n) is 4.75. The molecule has 1 nitrogen and oxygen atoms in total. The number of nitrogens with zero attached hydrogens (tertiary/aromatic N) is 1. The van der Waals surface area contributed by atoms with Crippen molar-refractivity contribution in [3.8, 4) is 0 Å². The number of hydrogen-bond acceptors (Lipinski definition) is 1. The Hall–Kier alpha value is -1.89. The van der Waals surface area contributed by atoms with Crippen LogP contribution in [0, 0.1) is 0 Å². The van der Waals surface area contributed by atoms with E-state index in [0.29, 0.717) is 0 Å². The van der Waals surface area contributed by atoms with Crippen molar-refractivity contribution in [3.05, 3.63) is 45.3 Å². The second kappa shape index (κ2) is 1.95. The molecular weight excluding hydrogens is 170 g/mol. The SMILES string of the molecule is C1=c2ccc3c4c(ccc(c24)=C1)=NC=3. The smallest absolute Gasteiger partial charge is 0.0715 e. The van der Waals surface area contributed by atoms with Crippen molar-refractivity contribution >= 4 is 29.1 Å². The minimum atomic E-state index is 1.12. The molecular formula is C13H7N. The lowest BCUT2D eigenvalue weighted by molar-refractivity contribution is 1.48. The molecule has 0 saturated carbocycles. The molecule has 0 N–H and O–H groups in total. The van der Waals surface area contributed by atoms with Gasteiger partial charge in [0.2, 0.25) is 0 Å². The van der Waals surface area contributed by atoms with Gasteiger partial charge in [-0.25, -0.2) is 0 Å². The second-order valence-corrected chi connectivity index (χ2v) is 3.76. The van der Waals surface area contributed by atoms with E-state index in [1.165, 1.54) is 26.4 Å². The molecule has 0 unspecified atom stereocenters. The van der Waals surface area contributed by atoms with Crippen LogP contribution in [0.3, 0.4) is 0 Å². The summed E-state index contributed by atoms with van der Waals surface area (Å²) < 4.78 is 0. The summed E-state index contributed by atoms with van der Waals surface area (Å²) in [5.41, 5.74) is 0. The Bertz CT molecular complexity index is 674. The highest BCUT2D eigenvalue weighted by Gasteiger charge is 2.06. The molecule has 1 aliphatic heterocycles. The van der Waals surface area contributed by atoms with Crippen molar-refractivity contribution in [3.63, 3.8) is 0 Å². The fraction of sp³-hybridized carbons (Fsp3) is 0. The first kappa shape index (κ1) is 6.55. The van der Waals surface area contributed by atoms with Gasteiger partial charge in [-0.2, -0.15) is 0 Å². The standard InChI is InChI=1S/C13H7N/c1-2-9-5-6-11-13-10(7-14-11)4-3-8(1)12(9)13/h1-7H. The lowest BCUT2D eigenvalue weighted by Gasteiger charge is -1.95. The fourth-order valence-electron chi connectivity index (χ4n) is 2.37. The predicted molar refractivity (Wildman–Crippen MR) is 57.4 cm³/mol. The topological polar surface area (TPSA) is 12.4 Å². The van der Waals surface area contributed by atoms with Gasteiger partial charge in [0, 0.05) is 16.8 Å². The van der Waals surface area contributed by atoms with Gasteiger partial charge in [0.1, 0.15) is 0 Å². The van der Waals surface area contributed by atoms with Crippen LogP contribution in [0.1, 0.15) is 0 Å². The van der Waals surface area contributed by atoms with Crippen molar-refractivity contribution < 1.29 is 0 Å². The molecule has 0 radical (unpaired) electrons. The van der Waals surface area contributed by atoms with Gasteiger partial charge >= 0.3 is 0 Å². The molecule has 0 fully saturated rings. The zero-order valence-electron chi connectivity index (χ0n) is 7.49. The minimum absolute atomic E-state index is 1.12. The maximum absolute atomic E-state index is 4.40. The predicted octanol–water partition coefficient (Wildman–Crippen LogP) is -0.214. The third-order valence-corrected chi connectivity index (χ3v) is 3.02. The summed E-state index contributed by atoms with van der Waals surface area (Å²) >= 11 is 0. The van der Waals surface area contributed by atoms with E-state index in [0.717, 1.165) is 5.36 Å². The zero-order valence-corrected chi connectivity index (χ0v) is 7.49. The monoisotopic (exact) mass is 177 g/mol. The van der Waals surface area contributed by atoms with E-state index in [1.54, 1.807) is 0 Å². The lowest BCUT2D eigenvalue weighted by atomic mass is 10.1. The molecule has 0 bridgehead atoms. The summed E-state index contributed by atoms with van der Waals surface area (Å²) in [5.74, 6) is 0. The van der Waals surface area contributed by atoms with Crippen LogP contribution >= 0.6 is 0 Å². The molecule has 14 heavy (non-hydrogen) atoms. The Balaban J connectivity index is 2.65. The van der Waals surface area contributed by atoms with E-state index in [2.05, 4.69) is 41.4 Å². The average molecular weight is 177 g/mol. The molecule has 1 heteroatoms. The number of benzene rings is 2. The second-order valence-electron chi connectivity index (χ2n) is 3.76. The molecule has 0 amide bonds. The first-order chi connectivity index (χ1) is 6.93. The maximum Gasteiger partial charge on any atom is 0.0715 e. The maximum atomic E-state index is 4.40. The van der Waals surface area contributed by atoms with E-state index < -0.39 is 0 Å². The van der Waals surface area contributed by atoms with Crippen LogP contribution in [0.15, 0.2) is 29.3 Å². The normalized spacial score (nSPS) is 14.6. The summed E-state index contributed by atoms with van der Waals surface area (Å²) in [6.45, 7) is 0. The number of rotatable bonds is 0. The molecule has 2 aromatic carbocycles. The van der Waals surface area contributed by atoms with Crippen molar-refractivity contribution in [1.29, 1.82) is 0 Å². The molecule has 1 heterocycles. The van der Waals surface area contributed by atoms with E-state index in [1.807, 2.05) is 6.20 Å². The third kappa shape index (κ3) is 0.578. The van der Waals surface area contributed by atoms with E-state index in [-0.39, 0.29) is 0 Å². The lowest BCUT2D eigenvalue weighted by Crippen LogP contribution is -2.19. The van der Waals surface area contributed by atoms with Crippen LogP contribution in [0.25, 0.3) is 29.1 Å². The molecule has 0 spiro atoms. The summed E-state index contributed by atoms with van der Waals surface area (Å²) in [6, 6.07) is 8.57. The minimum Gasteiger partial charge on any atom is -0.256 e. The van der Waals surface area contributed by atoms with Crippen LogP contribution in [-0.2, 0) is 0 Å². The van der Waals surface area contributed by atoms with Crippen molar-refractivity contribution in [2.24, 2.45) is 4.99 Å². The van der Waals surface area contributed by atoms with Crippen LogP contribution < -0.4 is 21.0 Å². The van der Waals surface area contributed by atoms with Crippen molar-refractivity contribution in [2.45, 2.75) is 0 Å². The third-order valence-electron chi connectivity index (χ3n) is 3.02. The van der Waals surface area contributed by atoms with Gasteiger partial charge < -0.3 is 0 Å². The highest BCUT2D eigenvalue weighted by atomic mass is 14.7. The van der Waals surface area contributed by atoms with Gasteiger partial charge in [0.15, 0.2) is 0 Å². The Labute approximate surface area is 80.0 Å². The van der Waals surface area contributed by atoms with Crippen LogP contribution in [0.4, 0.5) is 0 Å². The van der Waals surface area contributed by atoms with Gasteiger partial charge in [-0.3, -0.25) is 4.99 Å². The summed E-state index contributed by atoms with van der Waals surface area (Å²) in [6.07, 6.45) is 6.31. The fourth-order valence-corrected chi connectivity index (χ4v) is 2.37. The van der Waals surface area contributed by atoms with Gasteiger partial charge in [0.25, 0.3) is 0 Å². The highest BCUT2D eigenvalue weighted by Crippen LogP contribution is 2.01. The van der Waals surface area contributed by atoms with Crippen molar-refractivity contribution in [2.75, 3.05) is 0 Å². The first-order valence-corrected chi connectivity index (χ1v) is 4.75. The molecule has 0 saturated heterocycles. The molecule has 4 rings (SSSR count). The highest BCUT2D eigenvalue weighted by molar-refractivity contribution is 5.92. The van der Waals surface area contributed by atoms with Gasteiger partial charge in [-0.15, -0.1) is 0 Å². The molecule has 2 aliphatic rings. The number of hydrogen-bond donors (Lipinski definition) is 0. The van der Waals surface area contributed by atoms with Gasteiger partial charge in [-0.1, -0.05) is 30.4 Å². The Morgan fingerprint density at radius 1 is 0.714 bits per heavy atom. The zero-order chi connectivity index (χ0) is 9.12. The van der Waals surface area contributed by atoms with E-state index in [9.17, 15) is 0 Å². The Morgan fingerprint density at radius 2 is 1.43 bits per heavy atom. The largest absolute Gasteiger partial charge is 0.256 e. The molecule has 2 aromatic rings. The Kier molecular flexibility index (Phi) is 0.914. The summed E-state index contributed by atoms with van der Waals surface area (Å²) in [4.78, 5) is 4.40. The summed E-state index contributed by atoms with van der Waals surface area (Å²) in [7, 11) is 0. The van der Waals surface area contributed by atoms with E-state index in [4.69, 9.17) is 0 Å². The molecule has 1 aliphatic carbocycles. The van der Waals surface area contributed by atoms with Gasteiger partial charge in [-0.05, 0) is 21.9 Å². The van der Waals surface area contributed by atoms with Gasteiger partial charge in [0.05, 0.1) is 5.36 Å². The summed E-state index contributed by atoms with van der Waals surface area (Å²) in [5, 5.41) is 7.72. The quantitative estimate of drug-likeness (QED) is 0.528. The average Bonchev–Trinajstić information content (AvgIpc) is 2.77. The molecule has 0 aromatic heterocycles. The molecule has 64 valence electrons.